The van der Waals surface area contributed by atoms with Crippen LogP contribution in [0.1, 0.15) is 43.2 Å². The fourth-order valence-corrected chi connectivity index (χ4v) is 5.64. The van der Waals surface area contributed by atoms with Gasteiger partial charge >= 0.3 is 0 Å². The highest BCUT2D eigenvalue weighted by molar-refractivity contribution is 8.26. The number of thioether (sulfide) groups is 1. The van der Waals surface area contributed by atoms with Crippen molar-refractivity contribution < 1.29 is 19.1 Å². The average Bonchev–Trinajstić information content (AvgIpc) is 3.11. The summed E-state index contributed by atoms with van der Waals surface area (Å²) in [4.78, 5) is 27.7. The normalized spacial score (nSPS) is 17.8. The molecule has 1 N–H and O–H groups in total. The van der Waals surface area contributed by atoms with E-state index in [-0.39, 0.29) is 24.5 Å². The summed E-state index contributed by atoms with van der Waals surface area (Å²) in [6.45, 7) is 1.82. The molecule has 34 heavy (non-hydrogen) atoms. The number of nitrogens with zero attached hydrogens (tertiary/aromatic N) is 1. The van der Waals surface area contributed by atoms with Crippen molar-refractivity contribution in [3.63, 3.8) is 0 Å². The number of aryl methyl sites for hydroxylation is 1. The number of benzene rings is 2. The largest absolute Gasteiger partial charge is 0.493 e. The first-order chi connectivity index (χ1) is 16.4. The molecule has 1 heterocycles. The molecule has 2 aliphatic rings. The second kappa shape index (κ2) is 11.1. The molecule has 0 radical (unpaired) electrons. The van der Waals surface area contributed by atoms with E-state index in [1.165, 1.54) is 18.2 Å². The number of ether oxygens (including phenoxy) is 2. The predicted octanol–water partition coefficient (Wildman–Crippen LogP) is 5.56. The Morgan fingerprint density at radius 1 is 1.18 bits per heavy atom. The lowest BCUT2D eigenvalue weighted by Crippen LogP contribution is -2.39. The van der Waals surface area contributed by atoms with Crippen LogP contribution in [0.4, 0.5) is 5.69 Å². The average molecular weight is 497 g/mol. The molecule has 0 spiro atoms. The van der Waals surface area contributed by atoms with Gasteiger partial charge in [0, 0.05) is 11.7 Å². The first-order valence-electron chi connectivity index (χ1n) is 11.4. The van der Waals surface area contributed by atoms with Crippen LogP contribution in [-0.4, -0.2) is 40.8 Å². The Labute approximate surface area is 209 Å². The van der Waals surface area contributed by atoms with E-state index in [1.807, 2.05) is 43.3 Å². The number of amides is 2. The number of anilines is 1. The van der Waals surface area contributed by atoms with Crippen LogP contribution in [0.3, 0.4) is 0 Å². The molecule has 1 aliphatic heterocycles. The Bertz CT molecular complexity index is 1130. The minimum atomic E-state index is -0.261. The van der Waals surface area contributed by atoms with E-state index in [2.05, 4.69) is 5.32 Å². The number of rotatable bonds is 7. The molecular weight excluding hydrogens is 468 g/mol. The topological polar surface area (TPSA) is 67.9 Å². The van der Waals surface area contributed by atoms with Crippen LogP contribution in [-0.2, 0) is 9.59 Å². The van der Waals surface area contributed by atoms with Gasteiger partial charge in [0.25, 0.3) is 11.8 Å². The van der Waals surface area contributed by atoms with Gasteiger partial charge < -0.3 is 14.8 Å². The minimum Gasteiger partial charge on any atom is -0.493 e. The third kappa shape index (κ3) is 5.80. The highest BCUT2D eigenvalue weighted by atomic mass is 32.2. The molecule has 0 atom stereocenters. The van der Waals surface area contributed by atoms with Crippen molar-refractivity contribution in [2.75, 3.05) is 19.0 Å². The monoisotopic (exact) mass is 496 g/mol. The Balaban J connectivity index is 1.41. The van der Waals surface area contributed by atoms with Gasteiger partial charge in [-0.15, -0.1) is 0 Å². The first-order valence-corrected chi connectivity index (χ1v) is 12.6. The van der Waals surface area contributed by atoms with Crippen molar-refractivity contribution in [2.45, 2.75) is 45.1 Å². The lowest BCUT2D eigenvalue weighted by atomic mass is 9.94. The second-order valence-corrected chi connectivity index (χ2v) is 10.1. The van der Waals surface area contributed by atoms with E-state index >= 15 is 0 Å². The molecule has 0 bridgehead atoms. The van der Waals surface area contributed by atoms with Crippen LogP contribution in [0, 0.1) is 6.92 Å². The van der Waals surface area contributed by atoms with Gasteiger partial charge in [0.2, 0.25) is 0 Å². The van der Waals surface area contributed by atoms with Crippen molar-refractivity contribution in [3.8, 4) is 11.5 Å². The standard InChI is InChI=1S/C26H28N2O4S2/c1-17-7-6-8-19(13-17)27-24(29)16-32-21-12-11-18(14-22(21)31-2)15-23-25(30)28(26(33)34-23)20-9-4-3-5-10-20/h6-8,11-15,20H,3-5,9-10,16H2,1-2H3,(H,27,29)/b23-15+. The van der Waals surface area contributed by atoms with Gasteiger partial charge in [-0.2, -0.15) is 0 Å². The SMILES string of the molecule is COc1cc(/C=C2/SC(=S)N(C3CCCCC3)C2=O)ccc1OCC(=O)Nc1cccc(C)c1. The molecule has 2 amide bonds. The van der Waals surface area contributed by atoms with Crippen molar-refractivity contribution in [3.05, 3.63) is 58.5 Å². The third-order valence-corrected chi connectivity index (χ3v) is 7.24. The van der Waals surface area contributed by atoms with Crippen LogP contribution in [0.2, 0.25) is 0 Å². The molecule has 2 aromatic carbocycles. The third-order valence-electron chi connectivity index (χ3n) is 5.91. The lowest BCUT2D eigenvalue weighted by Gasteiger charge is -2.29. The van der Waals surface area contributed by atoms with Crippen LogP contribution < -0.4 is 14.8 Å². The summed E-state index contributed by atoms with van der Waals surface area (Å²) < 4.78 is 11.8. The molecule has 2 aromatic rings. The van der Waals surface area contributed by atoms with E-state index in [1.54, 1.807) is 24.1 Å². The molecule has 1 aliphatic carbocycles. The van der Waals surface area contributed by atoms with Gasteiger partial charge in [-0.1, -0.05) is 61.4 Å². The summed E-state index contributed by atoms with van der Waals surface area (Å²) >= 11 is 6.87. The summed E-state index contributed by atoms with van der Waals surface area (Å²) in [6.07, 6.45) is 7.36. The quantitative estimate of drug-likeness (QED) is 0.400. The molecule has 1 saturated carbocycles. The van der Waals surface area contributed by atoms with Gasteiger partial charge in [-0.05, 0) is 61.2 Å². The number of thiocarbonyl (C=S) groups is 1. The summed E-state index contributed by atoms with van der Waals surface area (Å²) in [7, 11) is 1.54. The molecule has 8 heteroatoms. The number of nitrogens with one attached hydrogen (secondary N) is 1. The van der Waals surface area contributed by atoms with Crippen LogP contribution >= 0.6 is 24.0 Å². The molecule has 2 fully saturated rings. The lowest BCUT2D eigenvalue weighted by molar-refractivity contribution is -0.124. The molecular formula is C26H28N2O4S2. The van der Waals surface area contributed by atoms with Crippen molar-refractivity contribution >= 4 is 51.9 Å². The van der Waals surface area contributed by atoms with E-state index in [9.17, 15) is 9.59 Å². The summed E-state index contributed by atoms with van der Waals surface area (Å²) in [5.74, 6) is 0.658. The zero-order valence-electron chi connectivity index (χ0n) is 19.3. The smallest absolute Gasteiger partial charge is 0.266 e. The van der Waals surface area contributed by atoms with Crippen LogP contribution in [0.5, 0.6) is 11.5 Å². The molecule has 178 valence electrons. The zero-order chi connectivity index (χ0) is 24.1. The van der Waals surface area contributed by atoms with Crippen LogP contribution in [0.15, 0.2) is 47.4 Å². The number of hydrogen-bond acceptors (Lipinski definition) is 6. The number of carbonyl (C=O) groups is 2. The zero-order valence-corrected chi connectivity index (χ0v) is 21.0. The van der Waals surface area contributed by atoms with Gasteiger partial charge in [0.05, 0.1) is 12.0 Å². The minimum absolute atomic E-state index is 0.0194. The number of hydrogen-bond donors (Lipinski definition) is 1. The van der Waals surface area contributed by atoms with Crippen molar-refractivity contribution in [2.24, 2.45) is 0 Å². The summed E-state index contributed by atoms with van der Waals surface area (Å²) in [5, 5.41) is 2.82. The Kier molecular flexibility index (Phi) is 7.90. The molecule has 1 saturated heterocycles. The fourth-order valence-electron chi connectivity index (χ4n) is 4.24. The van der Waals surface area contributed by atoms with E-state index < -0.39 is 0 Å². The van der Waals surface area contributed by atoms with Gasteiger partial charge in [-0.3, -0.25) is 14.5 Å². The Hall–Kier alpha value is -2.84. The number of methoxy groups -OCH3 is 1. The summed E-state index contributed by atoms with van der Waals surface area (Å²) in [5.41, 5.74) is 2.59. The first kappa shape index (κ1) is 24.3. The predicted molar refractivity (Wildman–Crippen MR) is 140 cm³/mol. The fraction of sp³-hybridized carbons (Fsp3) is 0.346. The maximum Gasteiger partial charge on any atom is 0.266 e. The van der Waals surface area contributed by atoms with Gasteiger partial charge in [-0.25, -0.2) is 0 Å². The highest BCUT2D eigenvalue weighted by Gasteiger charge is 2.37. The highest BCUT2D eigenvalue weighted by Crippen LogP contribution is 2.38. The van der Waals surface area contributed by atoms with E-state index in [0.29, 0.717) is 20.7 Å². The number of carbonyl (C=O) groups excluding carboxylic acids is 2. The second-order valence-electron chi connectivity index (χ2n) is 8.46. The molecule has 4 rings (SSSR count). The Morgan fingerprint density at radius 3 is 2.71 bits per heavy atom. The van der Waals surface area contributed by atoms with E-state index in [4.69, 9.17) is 21.7 Å². The molecule has 0 unspecified atom stereocenters. The summed E-state index contributed by atoms with van der Waals surface area (Å²) in [6, 6.07) is 13.2. The maximum absolute atomic E-state index is 13.0. The van der Waals surface area contributed by atoms with Crippen LogP contribution in [0.25, 0.3) is 6.08 Å². The van der Waals surface area contributed by atoms with Crippen molar-refractivity contribution in [1.82, 2.24) is 4.90 Å². The van der Waals surface area contributed by atoms with Gasteiger partial charge in [0.15, 0.2) is 18.1 Å². The van der Waals surface area contributed by atoms with Gasteiger partial charge in [0.1, 0.15) is 4.32 Å². The molecule has 6 nitrogen and oxygen atoms in total. The van der Waals surface area contributed by atoms with E-state index in [0.717, 1.165) is 42.5 Å². The molecule has 0 aromatic heterocycles. The van der Waals surface area contributed by atoms with Crippen molar-refractivity contribution in [1.29, 1.82) is 0 Å². The maximum atomic E-state index is 13.0. The Morgan fingerprint density at radius 2 is 1.97 bits per heavy atom.